The van der Waals surface area contributed by atoms with E-state index in [-0.39, 0.29) is 12.6 Å². The topological polar surface area (TPSA) is 41.5 Å². The first-order valence-corrected chi connectivity index (χ1v) is 5.81. The largest absolute Gasteiger partial charge is 0.485 e. The molecule has 0 spiro atoms. The predicted octanol–water partition coefficient (Wildman–Crippen LogP) is 2.12. The van der Waals surface area contributed by atoms with Gasteiger partial charge in [0.15, 0.2) is 5.75 Å². The molecule has 1 atom stereocenters. The van der Waals surface area contributed by atoms with E-state index in [4.69, 9.17) is 0 Å². The molecular formula is C12H14F5NO2. The molecule has 20 heavy (non-hydrogen) atoms. The van der Waals surface area contributed by atoms with Crippen molar-refractivity contribution in [2.24, 2.45) is 0 Å². The molecule has 0 saturated carbocycles. The zero-order valence-corrected chi connectivity index (χ0v) is 10.8. The third-order valence-electron chi connectivity index (χ3n) is 2.35. The fourth-order valence-corrected chi connectivity index (χ4v) is 1.32. The van der Waals surface area contributed by atoms with Crippen molar-refractivity contribution in [2.45, 2.75) is 26.0 Å². The molecule has 0 aliphatic heterocycles. The number of aliphatic hydroxyl groups excluding tert-OH is 1. The number of benzene rings is 1. The monoisotopic (exact) mass is 299 g/mol. The maximum atomic E-state index is 13.2. The summed E-state index contributed by atoms with van der Waals surface area (Å²) >= 11 is 0. The van der Waals surface area contributed by atoms with Gasteiger partial charge in [0.25, 0.3) is 0 Å². The molecule has 1 aromatic carbocycles. The lowest BCUT2D eigenvalue weighted by atomic mass is 10.2. The minimum absolute atomic E-state index is 0.0487. The standard InChI is InChI=1S/C12H14F5NO2/c1-5(2)18-3-6(19)4-20-12-10(16)8(14)7(13)9(15)11(12)17/h5-6,18-19H,3-4H2,1-2H3. The maximum Gasteiger partial charge on any atom is 0.206 e. The van der Waals surface area contributed by atoms with Crippen molar-refractivity contribution in [3.8, 4) is 5.75 Å². The Balaban J connectivity index is 2.78. The van der Waals surface area contributed by atoms with E-state index in [1.807, 2.05) is 0 Å². The first-order valence-electron chi connectivity index (χ1n) is 5.81. The maximum absolute atomic E-state index is 13.2. The number of ether oxygens (including phenoxy) is 1. The van der Waals surface area contributed by atoms with Crippen LogP contribution < -0.4 is 10.1 Å². The summed E-state index contributed by atoms with van der Waals surface area (Å²) < 4.78 is 69.4. The molecule has 1 unspecified atom stereocenters. The zero-order valence-electron chi connectivity index (χ0n) is 10.8. The summed E-state index contributed by atoms with van der Waals surface area (Å²) in [5.74, 6) is -12.0. The van der Waals surface area contributed by atoms with Crippen LogP contribution in [0.4, 0.5) is 22.0 Å². The van der Waals surface area contributed by atoms with Crippen molar-refractivity contribution in [1.29, 1.82) is 0 Å². The second kappa shape index (κ2) is 6.85. The minimum Gasteiger partial charge on any atom is -0.485 e. The Morgan fingerprint density at radius 3 is 1.85 bits per heavy atom. The summed E-state index contributed by atoms with van der Waals surface area (Å²) in [6.45, 7) is 3.04. The Bertz CT molecular complexity index is 452. The SMILES string of the molecule is CC(C)NCC(O)COc1c(F)c(F)c(F)c(F)c1F. The summed E-state index contributed by atoms with van der Waals surface area (Å²) in [5, 5.41) is 12.3. The van der Waals surface area contributed by atoms with Crippen molar-refractivity contribution in [2.75, 3.05) is 13.2 Å². The Labute approximate surface area is 112 Å². The third kappa shape index (κ3) is 3.80. The van der Waals surface area contributed by atoms with Crippen molar-refractivity contribution < 1.29 is 31.8 Å². The highest BCUT2D eigenvalue weighted by Gasteiger charge is 2.27. The van der Waals surface area contributed by atoms with Gasteiger partial charge >= 0.3 is 0 Å². The molecule has 1 aromatic rings. The van der Waals surface area contributed by atoms with E-state index < -0.39 is 47.5 Å². The molecule has 0 aliphatic rings. The van der Waals surface area contributed by atoms with E-state index in [0.29, 0.717) is 0 Å². The molecule has 0 aliphatic carbocycles. The predicted molar refractivity (Wildman–Crippen MR) is 60.9 cm³/mol. The lowest BCUT2D eigenvalue weighted by Gasteiger charge is -2.16. The van der Waals surface area contributed by atoms with Crippen LogP contribution in [0.1, 0.15) is 13.8 Å². The van der Waals surface area contributed by atoms with Crippen molar-refractivity contribution in [3.63, 3.8) is 0 Å². The fraction of sp³-hybridized carbons (Fsp3) is 0.500. The highest BCUT2D eigenvalue weighted by atomic mass is 19.2. The summed E-state index contributed by atoms with van der Waals surface area (Å²) in [7, 11) is 0. The number of hydrogen-bond acceptors (Lipinski definition) is 3. The summed E-state index contributed by atoms with van der Waals surface area (Å²) in [5.41, 5.74) is 0. The van der Waals surface area contributed by atoms with Crippen LogP contribution in [-0.2, 0) is 0 Å². The van der Waals surface area contributed by atoms with Crippen LogP contribution in [0.15, 0.2) is 0 Å². The van der Waals surface area contributed by atoms with E-state index in [1.54, 1.807) is 13.8 Å². The van der Waals surface area contributed by atoms with Gasteiger partial charge in [-0.3, -0.25) is 0 Å². The average molecular weight is 299 g/mol. The summed E-state index contributed by atoms with van der Waals surface area (Å²) in [6.07, 6.45) is -1.16. The fourth-order valence-electron chi connectivity index (χ4n) is 1.32. The van der Waals surface area contributed by atoms with Gasteiger partial charge in [0.2, 0.25) is 29.1 Å². The van der Waals surface area contributed by atoms with E-state index in [0.717, 1.165) is 0 Å². The molecular weight excluding hydrogens is 285 g/mol. The van der Waals surface area contributed by atoms with E-state index in [9.17, 15) is 27.1 Å². The highest BCUT2D eigenvalue weighted by Crippen LogP contribution is 2.29. The number of nitrogens with one attached hydrogen (secondary N) is 1. The molecule has 0 heterocycles. The Morgan fingerprint density at radius 2 is 1.40 bits per heavy atom. The van der Waals surface area contributed by atoms with Gasteiger partial charge in [-0.1, -0.05) is 13.8 Å². The molecule has 2 N–H and O–H groups in total. The molecule has 3 nitrogen and oxygen atoms in total. The van der Waals surface area contributed by atoms with Crippen LogP contribution in [0.2, 0.25) is 0 Å². The second-order valence-electron chi connectivity index (χ2n) is 4.43. The van der Waals surface area contributed by atoms with Crippen LogP contribution in [0.3, 0.4) is 0 Å². The van der Waals surface area contributed by atoms with E-state index >= 15 is 0 Å². The summed E-state index contributed by atoms with van der Waals surface area (Å²) in [4.78, 5) is 0. The van der Waals surface area contributed by atoms with Crippen molar-refractivity contribution in [3.05, 3.63) is 29.1 Å². The molecule has 8 heteroatoms. The second-order valence-corrected chi connectivity index (χ2v) is 4.43. The van der Waals surface area contributed by atoms with Gasteiger partial charge in [0.05, 0.1) is 0 Å². The molecule has 0 amide bonds. The number of rotatable bonds is 6. The Kier molecular flexibility index (Phi) is 5.70. The number of halogens is 5. The zero-order chi connectivity index (χ0) is 15.4. The lowest BCUT2D eigenvalue weighted by molar-refractivity contribution is 0.0982. The first-order chi connectivity index (χ1) is 9.25. The van der Waals surface area contributed by atoms with E-state index in [2.05, 4.69) is 10.1 Å². The molecule has 1 rings (SSSR count). The van der Waals surface area contributed by atoms with Crippen LogP contribution in [0.25, 0.3) is 0 Å². The average Bonchev–Trinajstić information content (AvgIpc) is 2.40. The van der Waals surface area contributed by atoms with Crippen LogP contribution in [-0.4, -0.2) is 30.4 Å². The first kappa shape index (κ1) is 16.6. The van der Waals surface area contributed by atoms with Gasteiger partial charge in [-0.2, -0.15) is 8.78 Å². The lowest BCUT2D eigenvalue weighted by Crippen LogP contribution is -2.35. The van der Waals surface area contributed by atoms with Crippen molar-refractivity contribution in [1.82, 2.24) is 5.32 Å². The quantitative estimate of drug-likeness (QED) is 0.480. The smallest absolute Gasteiger partial charge is 0.206 e. The molecule has 0 saturated heterocycles. The van der Waals surface area contributed by atoms with E-state index in [1.165, 1.54) is 0 Å². The number of hydrogen-bond donors (Lipinski definition) is 2. The van der Waals surface area contributed by atoms with Gasteiger partial charge in [-0.05, 0) is 0 Å². The third-order valence-corrected chi connectivity index (χ3v) is 2.35. The van der Waals surface area contributed by atoms with Gasteiger partial charge in [0, 0.05) is 12.6 Å². The molecule has 0 aromatic heterocycles. The Hall–Kier alpha value is -1.41. The van der Waals surface area contributed by atoms with Gasteiger partial charge < -0.3 is 15.2 Å². The van der Waals surface area contributed by atoms with Gasteiger partial charge in [-0.25, -0.2) is 13.2 Å². The van der Waals surface area contributed by atoms with Crippen LogP contribution >= 0.6 is 0 Å². The molecule has 0 bridgehead atoms. The number of aliphatic hydroxyl groups is 1. The highest BCUT2D eigenvalue weighted by molar-refractivity contribution is 5.29. The molecule has 114 valence electrons. The minimum atomic E-state index is -2.26. The molecule has 0 fully saturated rings. The van der Waals surface area contributed by atoms with Gasteiger partial charge in [-0.15, -0.1) is 0 Å². The normalized spacial score (nSPS) is 12.8. The Morgan fingerprint density at radius 1 is 0.950 bits per heavy atom. The molecule has 0 radical (unpaired) electrons. The van der Waals surface area contributed by atoms with Gasteiger partial charge in [0.1, 0.15) is 12.7 Å². The summed E-state index contributed by atoms with van der Waals surface area (Å²) in [6, 6.07) is 0.0545. The van der Waals surface area contributed by atoms with Crippen LogP contribution in [0, 0.1) is 29.1 Å². The van der Waals surface area contributed by atoms with Crippen molar-refractivity contribution >= 4 is 0 Å². The van der Waals surface area contributed by atoms with Crippen LogP contribution in [0.5, 0.6) is 5.75 Å².